The highest BCUT2D eigenvalue weighted by molar-refractivity contribution is 14.0. The normalized spacial score (nSPS) is 16.4. The summed E-state index contributed by atoms with van der Waals surface area (Å²) in [7, 11) is 0. The van der Waals surface area contributed by atoms with Crippen molar-refractivity contribution in [2.45, 2.75) is 50.9 Å². The second-order valence-corrected chi connectivity index (χ2v) is 5.69. The van der Waals surface area contributed by atoms with Crippen LogP contribution >= 0.6 is 24.0 Å². The van der Waals surface area contributed by atoms with Crippen molar-refractivity contribution in [3.63, 3.8) is 0 Å². The molecule has 0 aliphatic heterocycles. The maximum Gasteiger partial charge on any atom is 0.573 e. The number of guanidine groups is 1. The first kappa shape index (κ1) is 20.9. The number of alkyl halides is 3. The zero-order chi connectivity index (χ0) is 16.7. The van der Waals surface area contributed by atoms with Crippen LogP contribution in [0, 0.1) is 0 Å². The Morgan fingerprint density at radius 3 is 2.38 bits per heavy atom. The number of rotatable bonds is 5. The topological polar surface area (TPSA) is 59.6 Å². The van der Waals surface area contributed by atoms with Crippen molar-refractivity contribution >= 4 is 29.9 Å². The van der Waals surface area contributed by atoms with E-state index >= 15 is 0 Å². The second-order valence-electron chi connectivity index (χ2n) is 5.69. The van der Waals surface area contributed by atoms with Crippen molar-refractivity contribution in [3.05, 3.63) is 29.8 Å². The highest BCUT2D eigenvalue weighted by atomic mass is 127. The summed E-state index contributed by atoms with van der Waals surface area (Å²) in [4.78, 5) is 4.27. The summed E-state index contributed by atoms with van der Waals surface area (Å²) >= 11 is 0. The minimum Gasteiger partial charge on any atom is -0.406 e. The average Bonchev–Trinajstić information content (AvgIpc) is 2.48. The highest BCUT2D eigenvalue weighted by Crippen LogP contribution is 2.22. The zero-order valence-electron chi connectivity index (χ0n) is 13.3. The number of hydrogen-bond acceptors (Lipinski definition) is 2. The third-order valence-electron chi connectivity index (χ3n) is 3.80. The molecule has 1 aromatic rings. The maximum atomic E-state index is 12.1. The van der Waals surface area contributed by atoms with E-state index in [2.05, 4.69) is 15.0 Å². The molecule has 2 rings (SSSR count). The number of hydrogen-bond donors (Lipinski definition) is 2. The third-order valence-corrected chi connectivity index (χ3v) is 3.80. The van der Waals surface area contributed by atoms with Gasteiger partial charge in [-0.2, -0.15) is 0 Å². The first-order valence-corrected chi connectivity index (χ1v) is 7.83. The lowest BCUT2D eigenvalue weighted by atomic mass is 9.96. The molecule has 24 heavy (non-hydrogen) atoms. The SMILES string of the molecule is I.NC(=NCCc1ccc(OC(F)(F)F)cc1)NC1CCCCC1. The van der Waals surface area contributed by atoms with E-state index < -0.39 is 6.36 Å². The molecule has 1 aliphatic rings. The molecular weight excluding hydrogens is 434 g/mol. The van der Waals surface area contributed by atoms with Crippen LogP contribution in [0.5, 0.6) is 5.75 Å². The number of halogens is 4. The van der Waals surface area contributed by atoms with Gasteiger partial charge in [-0.05, 0) is 37.0 Å². The van der Waals surface area contributed by atoms with Crippen molar-refractivity contribution in [1.82, 2.24) is 5.32 Å². The summed E-state index contributed by atoms with van der Waals surface area (Å²) in [6.45, 7) is 0.491. The lowest BCUT2D eigenvalue weighted by Crippen LogP contribution is -2.41. The van der Waals surface area contributed by atoms with Crippen LogP contribution in [-0.4, -0.2) is 24.9 Å². The maximum absolute atomic E-state index is 12.1. The lowest BCUT2D eigenvalue weighted by molar-refractivity contribution is -0.274. The fourth-order valence-electron chi connectivity index (χ4n) is 2.66. The molecule has 1 saturated carbocycles. The van der Waals surface area contributed by atoms with E-state index in [1.807, 2.05) is 0 Å². The number of ether oxygens (including phenoxy) is 1. The van der Waals surface area contributed by atoms with E-state index in [9.17, 15) is 13.2 Å². The van der Waals surface area contributed by atoms with Gasteiger partial charge in [-0.25, -0.2) is 0 Å². The first-order valence-electron chi connectivity index (χ1n) is 7.83. The number of benzene rings is 1. The highest BCUT2D eigenvalue weighted by Gasteiger charge is 2.30. The van der Waals surface area contributed by atoms with Gasteiger partial charge in [-0.1, -0.05) is 31.4 Å². The van der Waals surface area contributed by atoms with Gasteiger partial charge in [0.25, 0.3) is 0 Å². The summed E-state index contributed by atoms with van der Waals surface area (Å²) in [6, 6.07) is 6.21. The van der Waals surface area contributed by atoms with Gasteiger partial charge in [0.05, 0.1) is 0 Å². The van der Waals surface area contributed by atoms with E-state index in [0.717, 1.165) is 18.4 Å². The van der Waals surface area contributed by atoms with E-state index in [-0.39, 0.29) is 29.7 Å². The van der Waals surface area contributed by atoms with Crippen LogP contribution in [0.3, 0.4) is 0 Å². The molecule has 0 spiro atoms. The van der Waals surface area contributed by atoms with Gasteiger partial charge >= 0.3 is 6.36 Å². The molecule has 1 aliphatic carbocycles. The molecule has 0 atom stereocenters. The molecule has 1 aromatic carbocycles. The van der Waals surface area contributed by atoms with Gasteiger partial charge in [-0.15, -0.1) is 37.1 Å². The molecule has 0 heterocycles. The average molecular weight is 457 g/mol. The predicted molar refractivity (Wildman–Crippen MR) is 98.7 cm³/mol. The number of nitrogens with zero attached hydrogens (tertiary/aromatic N) is 1. The Balaban J connectivity index is 0.00000288. The predicted octanol–water partition coefficient (Wildman–Crippen LogP) is 3.98. The fourth-order valence-corrected chi connectivity index (χ4v) is 2.66. The van der Waals surface area contributed by atoms with Crippen molar-refractivity contribution in [2.75, 3.05) is 6.54 Å². The van der Waals surface area contributed by atoms with Gasteiger partial charge in [0.15, 0.2) is 5.96 Å². The standard InChI is InChI=1S/C16H22F3N3O.HI/c17-16(18,19)23-14-8-6-12(7-9-14)10-11-21-15(20)22-13-4-2-1-3-5-13;/h6-9,13H,1-5,10-11H2,(H3,20,21,22);1H. The number of nitrogens with one attached hydrogen (secondary N) is 1. The third kappa shape index (κ3) is 8.07. The van der Waals surface area contributed by atoms with Gasteiger partial charge in [0.1, 0.15) is 5.75 Å². The Morgan fingerprint density at radius 1 is 1.17 bits per heavy atom. The number of aliphatic imine (C=N–C) groups is 1. The van der Waals surface area contributed by atoms with Crippen molar-refractivity contribution in [1.29, 1.82) is 0 Å². The second kappa shape index (κ2) is 9.95. The molecule has 136 valence electrons. The lowest BCUT2D eigenvalue weighted by Gasteiger charge is -2.23. The molecule has 0 amide bonds. The molecule has 0 unspecified atom stereocenters. The number of nitrogens with two attached hydrogens (primary N) is 1. The van der Waals surface area contributed by atoms with Crippen LogP contribution in [-0.2, 0) is 6.42 Å². The van der Waals surface area contributed by atoms with E-state index in [0.29, 0.717) is 25.0 Å². The zero-order valence-corrected chi connectivity index (χ0v) is 15.6. The molecule has 3 N–H and O–H groups in total. The van der Waals surface area contributed by atoms with E-state index in [1.165, 1.54) is 31.4 Å². The van der Waals surface area contributed by atoms with Crippen LogP contribution in [0.2, 0.25) is 0 Å². The summed E-state index contributed by atoms with van der Waals surface area (Å²) in [5.41, 5.74) is 6.74. The Bertz CT molecular complexity index is 514. The monoisotopic (exact) mass is 457 g/mol. The molecule has 8 heteroatoms. The summed E-state index contributed by atoms with van der Waals surface area (Å²) < 4.78 is 40.0. The first-order chi connectivity index (χ1) is 10.9. The molecule has 0 saturated heterocycles. The van der Waals surface area contributed by atoms with Gasteiger partial charge < -0.3 is 15.8 Å². The Hall–Kier alpha value is -1.19. The quantitative estimate of drug-likeness (QED) is 0.400. The summed E-state index contributed by atoms with van der Waals surface area (Å²) in [5, 5.41) is 3.22. The summed E-state index contributed by atoms with van der Waals surface area (Å²) in [6.07, 6.45) is 1.91. The molecular formula is C16H23F3IN3O. The molecule has 4 nitrogen and oxygen atoms in total. The van der Waals surface area contributed by atoms with E-state index in [4.69, 9.17) is 5.73 Å². The van der Waals surface area contributed by atoms with Crippen LogP contribution in [0.4, 0.5) is 13.2 Å². The fraction of sp³-hybridized carbons (Fsp3) is 0.562. The van der Waals surface area contributed by atoms with Crippen LogP contribution in [0.1, 0.15) is 37.7 Å². The van der Waals surface area contributed by atoms with Crippen LogP contribution in [0.25, 0.3) is 0 Å². The van der Waals surface area contributed by atoms with Gasteiger partial charge in [0.2, 0.25) is 0 Å². The van der Waals surface area contributed by atoms with Crippen molar-refractivity contribution in [2.24, 2.45) is 10.7 Å². The largest absolute Gasteiger partial charge is 0.573 e. The smallest absolute Gasteiger partial charge is 0.406 e. The molecule has 1 fully saturated rings. The van der Waals surface area contributed by atoms with Gasteiger partial charge in [-0.3, -0.25) is 4.99 Å². The molecule has 0 bridgehead atoms. The van der Waals surface area contributed by atoms with Crippen molar-refractivity contribution in [3.8, 4) is 5.75 Å². The Morgan fingerprint density at radius 2 is 1.79 bits per heavy atom. The molecule has 0 radical (unpaired) electrons. The van der Waals surface area contributed by atoms with E-state index in [1.54, 1.807) is 12.1 Å². The van der Waals surface area contributed by atoms with Gasteiger partial charge in [0, 0.05) is 12.6 Å². The Kier molecular flexibility index (Phi) is 8.65. The molecule has 0 aromatic heterocycles. The Labute approximate surface area is 157 Å². The minimum atomic E-state index is -4.66. The van der Waals surface area contributed by atoms with Crippen molar-refractivity contribution < 1.29 is 17.9 Å². The van der Waals surface area contributed by atoms with Crippen LogP contribution < -0.4 is 15.8 Å². The summed E-state index contributed by atoms with van der Waals surface area (Å²) in [5.74, 6) is 0.220. The minimum absolute atomic E-state index is 0. The van der Waals surface area contributed by atoms with Crippen LogP contribution in [0.15, 0.2) is 29.3 Å².